The molecular weight excluding hydrogens is 296 g/mol. The van der Waals surface area contributed by atoms with Crippen molar-refractivity contribution in [3.63, 3.8) is 0 Å². The van der Waals surface area contributed by atoms with E-state index in [9.17, 15) is 4.79 Å². The lowest BCUT2D eigenvalue weighted by Crippen LogP contribution is -2.47. The van der Waals surface area contributed by atoms with Gasteiger partial charge in [-0.25, -0.2) is 4.79 Å². The quantitative estimate of drug-likeness (QED) is 0.557. The van der Waals surface area contributed by atoms with Gasteiger partial charge in [-0.3, -0.25) is 4.84 Å². The number of urea groups is 1. The van der Waals surface area contributed by atoms with Gasteiger partial charge in [0.1, 0.15) is 0 Å². The molecule has 0 N–H and O–H groups in total. The number of fused-ring (bicyclic) bond motifs is 2. The number of carbonyl (C=O) groups is 1. The highest BCUT2D eigenvalue weighted by Gasteiger charge is 2.44. The van der Waals surface area contributed by atoms with Gasteiger partial charge in [0.25, 0.3) is 0 Å². The average molecular weight is 324 g/mol. The summed E-state index contributed by atoms with van der Waals surface area (Å²) in [5.74, 6) is 0. The first kappa shape index (κ1) is 17.2. The predicted octanol–water partition coefficient (Wildman–Crippen LogP) is 3.17. The Bertz CT molecular complexity index is 471. The molecule has 0 spiro atoms. The van der Waals surface area contributed by atoms with Crippen LogP contribution in [0.4, 0.5) is 4.79 Å². The van der Waals surface area contributed by atoms with Crippen molar-refractivity contribution in [2.24, 2.45) is 0 Å². The summed E-state index contributed by atoms with van der Waals surface area (Å²) < 4.78 is 6.27. The largest absolute Gasteiger partial charge is 0.414 e. The van der Waals surface area contributed by atoms with Crippen LogP contribution in [0.3, 0.4) is 0 Å². The van der Waals surface area contributed by atoms with Gasteiger partial charge in [0.15, 0.2) is 8.32 Å². The lowest BCUT2D eigenvalue weighted by molar-refractivity contribution is -0.107. The van der Waals surface area contributed by atoms with Crippen LogP contribution in [0.2, 0.25) is 18.1 Å². The molecule has 2 heterocycles. The van der Waals surface area contributed by atoms with Crippen LogP contribution in [0.15, 0.2) is 24.8 Å². The molecule has 5 nitrogen and oxygen atoms in total. The van der Waals surface area contributed by atoms with Crippen LogP contribution in [0.1, 0.15) is 20.8 Å². The zero-order chi connectivity index (χ0) is 16.5. The van der Waals surface area contributed by atoms with Crippen LogP contribution in [0, 0.1) is 0 Å². The van der Waals surface area contributed by atoms with Gasteiger partial charge >= 0.3 is 6.03 Å². The molecule has 1 fully saturated rings. The van der Waals surface area contributed by atoms with Gasteiger partial charge in [-0.05, 0) is 18.1 Å². The highest BCUT2D eigenvalue weighted by atomic mass is 28.4. The molecule has 2 unspecified atom stereocenters. The van der Waals surface area contributed by atoms with Crippen molar-refractivity contribution in [1.82, 2.24) is 9.96 Å². The number of hydrogen-bond acceptors (Lipinski definition) is 3. The molecule has 2 amide bonds. The number of rotatable bonds is 6. The zero-order valence-corrected chi connectivity index (χ0v) is 15.3. The minimum atomic E-state index is -1.81. The first-order valence-electron chi connectivity index (χ1n) is 7.83. The Morgan fingerprint density at radius 1 is 1.41 bits per heavy atom. The molecular formula is C16H28N2O3Si. The second-order valence-corrected chi connectivity index (χ2v) is 12.2. The molecule has 2 aliphatic rings. The molecule has 2 bridgehead atoms. The lowest BCUT2D eigenvalue weighted by atomic mass is 10.1. The van der Waals surface area contributed by atoms with E-state index in [4.69, 9.17) is 9.26 Å². The molecule has 22 heavy (non-hydrogen) atoms. The van der Waals surface area contributed by atoms with Crippen LogP contribution in [-0.2, 0) is 9.26 Å². The monoisotopic (exact) mass is 324 g/mol. The molecule has 0 aromatic rings. The third-order valence-electron chi connectivity index (χ3n) is 4.83. The fraction of sp³-hybridized carbons (Fsp3) is 0.688. The first-order chi connectivity index (χ1) is 10.2. The maximum Gasteiger partial charge on any atom is 0.345 e. The van der Waals surface area contributed by atoms with Gasteiger partial charge in [-0.15, -0.1) is 6.58 Å². The number of amides is 2. The standard InChI is InChI=1S/C16H28N2O3Si/c1-7-10-20-18-13-8-9-14(17(11-13)15(18)19)12-21-22(5,6)16(2,3)4/h7-9,13-14H,1,10-12H2,2-6H3. The SMILES string of the molecule is C=CCON1C(=O)N2CC1C=CC2CO[Si](C)(C)C(C)(C)C. The van der Waals surface area contributed by atoms with E-state index >= 15 is 0 Å². The minimum Gasteiger partial charge on any atom is -0.414 e. The summed E-state index contributed by atoms with van der Waals surface area (Å²) >= 11 is 0. The molecule has 2 rings (SSSR count). The van der Waals surface area contributed by atoms with Crippen molar-refractivity contribution in [1.29, 1.82) is 0 Å². The van der Waals surface area contributed by atoms with Gasteiger partial charge in [0, 0.05) is 6.54 Å². The summed E-state index contributed by atoms with van der Waals surface area (Å²) in [6.07, 6.45) is 5.76. The Labute approximate surface area is 134 Å². The van der Waals surface area contributed by atoms with Crippen molar-refractivity contribution in [3.05, 3.63) is 24.8 Å². The number of carbonyl (C=O) groups excluding carboxylic acids is 1. The lowest BCUT2D eigenvalue weighted by Gasteiger charge is -2.38. The molecule has 0 aromatic carbocycles. The van der Waals surface area contributed by atoms with Gasteiger partial charge in [-0.1, -0.05) is 39.0 Å². The first-order valence-corrected chi connectivity index (χ1v) is 10.7. The van der Waals surface area contributed by atoms with E-state index in [0.29, 0.717) is 19.8 Å². The zero-order valence-electron chi connectivity index (χ0n) is 14.3. The second-order valence-electron chi connectivity index (χ2n) is 7.44. The summed E-state index contributed by atoms with van der Waals surface area (Å²) in [4.78, 5) is 19.7. The van der Waals surface area contributed by atoms with E-state index in [1.807, 2.05) is 11.0 Å². The van der Waals surface area contributed by atoms with Crippen LogP contribution in [0.5, 0.6) is 0 Å². The van der Waals surface area contributed by atoms with Gasteiger partial charge < -0.3 is 9.33 Å². The Balaban J connectivity index is 1.99. The Hall–Kier alpha value is -1.11. The number of hydrogen-bond donors (Lipinski definition) is 0. The van der Waals surface area contributed by atoms with E-state index in [1.54, 1.807) is 6.08 Å². The van der Waals surface area contributed by atoms with Crippen LogP contribution >= 0.6 is 0 Å². The molecule has 0 radical (unpaired) electrons. The van der Waals surface area contributed by atoms with E-state index in [-0.39, 0.29) is 23.2 Å². The molecule has 0 aliphatic carbocycles. The number of hydroxylamine groups is 2. The third kappa shape index (κ3) is 3.29. The van der Waals surface area contributed by atoms with Crippen molar-refractivity contribution in [3.8, 4) is 0 Å². The Morgan fingerprint density at radius 2 is 2.09 bits per heavy atom. The molecule has 2 aliphatic heterocycles. The highest BCUT2D eigenvalue weighted by Crippen LogP contribution is 2.37. The van der Waals surface area contributed by atoms with Crippen molar-refractivity contribution in [2.75, 3.05) is 19.8 Å². The maximum atomic E-state index is 12.4. The third-order valence-corrected chi connectivity index (χ3v) is 9.33. The summed E-state index contributed by atoms with van der Waals surface area (Å²) in [6, 6.07) is -0.0903. The van der Waals surface area contributed by atoms with Crippen LogP contribution in [0.25, 0.3) is 0 Å². The van der Waals surface area contributed by atoms with E-state index < -0.39 is 8.32 Å². The van der Waals surface area contributed by atoms with Gasteiger partial charge in [-0.2, -0.15) is 5.06 Å². The summed E-state index contributed by atoms with van der Waals surface area (Å²) in [7, 11) is -1.81. The van der Waals surface area contributed by atoms with Crippen LogP contribution < -0.4 is 0 Å². The van der Waals surface area contributed by atoms with E-state index in [2.05, 4.69) is 46.5 Å². The molecule has 6 heteroatoms. The fourth-order valence-corrected chi connectivity index (χ4v) is 3.36. The van der Waals surface area contributed by atoms with Crippen molar-refractivity contribution < 1.29 is 14.1 Å². The smallest absolute Gasteiger partial charge is 0.345 e. The summed E-state index contributed by atoms with van der Waals surface area (Å²) in [5, 5.41) is 1.62. The second kappa shape index (κ2) is 6.18. The molecule has 1 saturated heterocycles. The Morgan fingerprint density at radius 3 is 2.68 bits per heavy atom. The molecule has 2 atom stereocenters. The topological polar surface area (TPSA) is 42.0 Å². The molecule has 124 valence electrons. The fourth-order valence-electron chi connectivity index (χ4n) is 2.34. The number of nitrogens with zero attached hydrogens (tertiary/aromatic N) is 2. The van der Waals surface area contributed by atoms with Crippen LogP contribution in [-0.4, -0.2) is 56.2 Å². The minimum absolute atomic E-state index is 0.00317. The van der Waals surface area contributed by atoms with E-state index in [1.165, 1.54) is 5.06 Å². The molecule has 0 aromatic heterocycles. The highest BCUT2D eigenvalue weighted by molar-refractivity contribution is 6.74. The van der Waals surface area contributed by atoms with Gasteiger partial charge in [0.05, 0.1) is 25.3 Å². The van der Waals surface area contributed by atoms with Crippen molar-refractivity contribution in [2.45, 2.75) is 51.0 Å². The summed E-state index contributed by atoms with van der Waals surface area (Å²) in [5.41, 5.74) is 0. The van der Waals surface area contributed by atoms with E-state index in [0.717, 1.165) is 0 Å². The normalized spacial score (nSPS) is 25.0. The van der Waals surface area contributed by atoms with Gasteiger partial charge in [0.2, 0.25) is 0 Å². The molecule has 0 saturated carbocycles. The maximum absolute atomic E-state index is 12.4. The Kier molecular flexibility index (Phi) is 4.84. The van der Waals surface area contributed by atoms with Crippen molar-refractivity contribution >= 4 is 14.3 Å². The predicted molar refractivity (Wildman–Crippen MR) is 90.0 cm³/mol. The average Bonchev–Trinajstić information content (AvgIpc) is 2.67. The summed E-state index contributed by atoms with van der Waals surface area (Å²) in [6.45, 7) is 16.3.